The second-order valence-corrected chi connectivity index (χ2v) is 5.51. The van der Waals surface area contributed by atoms with E-state index in [1.54, 1.807) is 18.6 Å². The largest absolute Gasteiger partial charge is 0.354 e. The number of aromatic nitrogens is 2. The molecule has 116 valence electrons. The number of carbonyl (C=O) groups is 1. The zero-order valence-electron chi connectivity index (χ0n) is 13.3. The summed E-state index contributed by atoms with van der Waals surface area (Å²) >= 11 is 0. The molecule has 0 spiro atoms. The lowest BCUT2D eigenvalue weighted by atomic mass is 10.0. The van der Waals surface area contributed by atoms with E-state index in [4.69, 9.17) is 0 Å². The minimum atomic E-state index is -0.289. The zero-order chi connectivity index (χ0) is 15.9. The monoisotopic (exact) mass is 298 g/mol. The number of aryl methyl sites for hydroxylation is 1. The van der Waals surface area contributed by atoms with Gasteiger partial charge in [-0.1, -0.05) is 29.8 Å². The summed E-state index contributed by atoms with van der Waals surface area (Å²) in [6.45, 7) is 2.59. The molecule has 1 amide bonds. The number of amides is 1. The number of hydrogen-bond acceptors (Lipinski definition) is 4. The van der Waals surface area contributed by atoms with E-state index in [-0.39, 0.29) is 11.9 Å². The molecular weight excluding hydrogens is 276 g/mol. The van der Waals surface area contributed by atoms with Gasteiger partial charge in [-0.3, -0.25) is 19.7 Å². The first-order chi connectivity index (χ1) is 10.6. The molecule has 1 aromatic carbocycles. The van der Waals surface area contributed by atoms with Crippen molar-refractivity contribution >= 4 is 5.91 Å². The molecule has 0 radical (unpaired) electrons. The summed E-state index contributed by atoms with van der Waals surface area (Å²) < 4.78 is 0. The number of nitrogens with one attached hydrogen (secondary N) is 1. The fourth-order valence-electron chi connectivity index (χ4n) is 2.30. The van der Waals surface area contributed by atoms with Gasteiger partial charge in [-0.05, 0) is 26.6 Å². The van der Waals surface area contributed by atoms with Gasteiger partial charge in [-0.15, -0.1) is 0 Å². The van der Waals surface area contributed by atoms with Crippen LogP contribution in [0.4, 0.5) is 0 Å². The molecule has 1 aromatic heterocycles. The molecule has 0 saturated heterocycles. The quantitative estimate of drug-likeness (QED) is 0.882. The maximum Gasteiger partial charge on any atom is 0.241 e. The fourth-order valence-corrected chi connectivity index (χ4v) is 2.30. The number of hydrogen-bond donors (Lipinski definition) is 1. The summed E-state index contributed by atoms with van der Waals surface area (Å²) in [5, 5.41) is 2.98. The van der Waals surface area contributed by atoms with Gasteiger partial charge in [0.25, 0.3) is 0 Å². The Morgan fingerprint density at radius 2 is 1.95 bits per heavy atom. The van der Waals surface area contributed by atoms with Gasteiger partial charge in [0.2, 0.25) is 5.91 Å². The Morgan fingerprint density at radius 1 is 1.23 bits per heavy atom. The Hall–Kier alpha value is -2.27. The Kier molecular flexibility index (Phi) is 5.61. The van der Waals surface area contributed by atoms with Gasteiger partial charge in [0.1, 0.15) is 6.04 Å². The van der Waals surface area contributed by atoms with E-state index in [2.05, 4.69) is 15.3 Å². The summed E-state index contributed by atoms with van der Waals surface area (Å²) in [5.41, 5.74) is 3.05. The van der Waals surface area contributed by atoms with Crippen molar-refractivity contribution < 1.29 is 4.79 Å². The fraction of sp³-hybridized carbons (Fsp3) is 0.353. The van der Waals surface area contributed by atoms with Crippen molar-refractivity contribution in [1.82, 2.24) is 20.2 Å². The van der Waals surface area contributed by atoms with Gasteiger partial charge in [-0.2, -0.15) is 0 Å². The number of likely N-dealkylation sites (N-methyl/N-ethyl adjacent to an activating group) is 1. The molecule has 5 heteroatoms. The molecule has 1 N–H and O–H groups in total. The zero-order valence-corrected chi connectivity index (χ0v) is 13.3. The molecular formula is C17H22N4O. The third kappa shape index (κ3) is 4.36. The average Bonchev–Trinajstić information content (AvgIpc) is 2.50. The van der Waals surface area contributed by atoms with Crippen LogP contribution in [0.5, 0.6) is 0 Å². The van der Waals surface area contributed by atoms with Crippen LogP contribution in [-0.4, -0.2) is 41.4 Å². The van der Waals surface area contributed by atoms with E-state index < -0.39 is 0 Å². The maximum absolute atomic E-state index is 12.5. The predicted molar refractivity (Wildman–Crippen MR) is 86.4 cm³/mol. The van der Waals surface area contributed by atoms with Crippen molar-refractivity contribution in [2.75, 3.05) is 20.6 Å². The third-order valence-corrected chi connectivity index (χ3v) is 3.45. The summed E-state index contributed by atoms with van der Waals surface area (Å²) in [4.78, 5) is 22.6. The Bertz CT molecular complexity index is 596. The number of rotatable bonds is 6. The minimum Gasteiger partial charge on any atom is -0.354 e. The van der Waals surface area contributed by atoms with Crippen LogP contribution in [0.2, 0.25) is 0 Å². The van der Waals surface area contributed by atoms with Crippen molar-refractivity contribution in [3.05, 3.63) is 59.7 Å². The van der Waals surface area contributed by atoms with E-state index in [0.717, 1.165) is 11.3 Å². The lowest BCUT2D eigenvalue weighted by Gasteiger charge is -2.24. The molecule has 0 fully saturated rings. The number of benzene rings is 1. The Balaban J connectivity index is 1.97. The van der Waals surface area contributed by atoms with Crippen LogP contribution in [0.3, 0.4) is 0 Å². The molecule has 0 bridgehead atoms. The molecule has 1 heterocycles. The number of carbonyl (C=O) groups excluding carboxylic acids is 1. The van der Waals surface area contributed by atoms with E-state index in [9.17, 15) is 4.79 Å². The highest BCUT2D eigenvalue weighted by Crippen LogP contribution is 2.18. The third-order valence-electron chi connectivity index (χ3n) is 3.45. The molecule has 22 heavy (non-hydrogen) atoms. The summed E-state index contributed by atoms with van der Waals surface area (Å²) in [7, 11) is 3.82. The first-order valence-corrected chi connectivity index (χ1v) is 7.33. The van der Waals surface area contributed by atoms with Crippen LogP contribution in [0.25, 0.3) is 0 Å². The van der Waals surface area contributed by atoms with Crippen LogP contribution in [0, 0.1) is 6.92 Å². The van der Waals surface area contributed by atoms with Gasteiger partial charge < -0.3 is 5.32 Å². The molecule has 2 rings (SSSR count). The van der Waals surface area contributed by atoms with E-state index in [0.29, 0.717) is 13.0 Å². The Labute approximate surface area is 131 Å². The van der Waals surface area contributed by atoms with Crippen LogP contribution in [0.1, 0.15) is 22.9 Å². The van der Waals surface area contributed by atoms with Crippen LogP contribution in [-0.2, 0) is 11.2 Å². The molecule has 0 saturated carbocycles. The Morgan fingerprint density at radius 3 is 2.55 bits per heavy atom. The second-order valence-electron chi connectivity index (χ2n) is 5.51. The molecule has 2 aromatic rings. The lowest BCUT2D eigenvalue weighted by molar-refractivity contribution is -0.125. The van der Waals surface area contributed by atoms with Gasteiger partial charge in [0.05, 0.1) is 5.69 Å². The van der Waals surface area contributed by atoms with E-state index >= 15 is 0 Å². The summed E-state index contributed by atoms with van der Waals surface area (Å²) in [6.07, 6.45) is 5.69. The smallest absolute Gasteiger partial charge is 0.241 e. The minimum absolute atomic E-state index is 0.00209. The van der Waals surface area contributed by atoms with Gasteiger partial charge >= 0.3 is 0 Å². The summed E-state index contributed by atoms with van der Waals surface area (Å²) in [5.74, 6) is -0.00209. The van der Waals surface area contributed by atoms with Crippen LogP contribution in [0.15, 0.2) is 42.9 Å². The molecule has 5 nitrogen and oxygen atoms in total. The van der Waals surface area contributed by atoms with Crippen molar-refractivity contribution in [3.63, 3.8) is 0 Å². The van der Waals surface area contributed by atoms with Gasteiger partial charge in [0.15, 0.2) is 0 Å². The maximum atomic E-state index is 12.5. The molecule has 1 atom stereocenters. The topological polar surface area (TPSA) is 58.1 Å². The SMILES string of the molecule is Cc1ccc([C@@H](C(=O)NCCc2cnccn2)N(C)C)cc1. The molecule has 0 aliphatic heterocycles. The molecule has 0 aliphatic carbocycles. The standard InChI is InChI=1S/C17H22N4O/c1-13-4-6-14(7-5-13)16(21(2)3)17(22)20-9-8-15-12-18-10-11-19-15/h4-7,10-12,16H,8-9H2,1-3H3,(H,20,22)/t16-/m0/s1. The number of nitrogens with zero attached hydrogens (tertiary/aromatic N) is 3. The van der Waals surface area contributed by atoms with Crippen molar-refractivity contribution in [3.8, 4) is 0 Å². The van der Waals surface area contributed by atoms with Crippen LogP contribution < -0.4 is 5.32 Å². The van der Waals surface area contributed by atoms with Crippen molar-refractivity contribution in [1.29, 1.82) is 0 Å². The predicted octanol–water partition coefficient (Wildman–Crippen LogP) is 1.75. The highest BCUT2D eigenvalue weighted by atomic mass is 16.2. The first-order valence-electron chi connectivity index (χ1n) is 7.33. The molecule has 0 aliphatic rings. The van der Waals surface area contributed by atoms with Crippen LogP contribution >= 0.6 is 0 Å². The first kappa shape index (κ1) is 16.1. The second kappa shape index (κ2) is 7.66. The van der Waals surface area contributed by atoms with E-state index in [1.807, 2.05) is 50.2 Å². The normalized spacial score (nSPS) is 12.2. The summed E-state index contributed by atoms with van der Waals surface area (Å²) in [6, 6.07) is 7.77. The van der Waals surface area contributed by atoms with E-state index in [1.165, 1.54) is 5.56 Å². The highest BCUT2D eigenvalue weighted by Gasteiger charge is 2.22. The van der Waals surface area contributed by atoms with Crippen molar-refractivity contribution in [2.24, 2.45) is 0 Å². The van der Waals surface area contributed by atoms with Crippen molar-refractivity contribution in [2.45, 2.75) is 19.4 Å². The lowest BCUT2D eigenvalue weighted by Crippen LogP contribution is -2.38. The highest BCUT2D eigenvalue weighted by molar-refractivity contribution is 5.83. The van der Waals surface area contributed by atoms with Gasteiger partial charge in [0, 0.05) is 31.6 Å². The molecule has 0 unspecified atom stereocenters. The average molecular weight is 298 g/mol. The van der Waals surface area contributed by atoms with Gasteiger partial charge in [-0.25, -0.2) is 0 Å².